The Morgan fingerprint density at radius 1 is 1.41 bits per heavy atom. The first kappa shape index (κ1) is 12.2. The molecule has 0 unspecified atom stereocenters. The fourth-order valence-corrected chi connectivity index (χ4v) is 2.39. The van der Waals surface area contributed by atoms with Crippen LogP contribution < -0.4 is 10.6 Å². The van der Waals surface area contributed by atoms with Crippen molar-refractivity contribution < 1.29 is 0 Å². The maximum atomic E-state index is 6.10. The summed E-state index contributed by atoms with van der Waals surface area (Å²) in [6.45, 7) is 4.34. The largest absolute Gasteiger partial charge is 0.396 e. The molecule has 17 heavy (non-hydrogen) atoms. The van der Waals surface area contributed by atoms with E-state index in [1.807, 2.05) is 19.2 Å². The predicted octanol–water partition coefficient (Wildman–Crippen LogP) is 1.50. The quantitative estimate of drug-likeness (QED) is 0.842. The monoisotopic (exact) mass is 234 g/mol. The second-order valence-corrected chi connectivity index (χ2v) is 5.01. The highest BCUT2D eigenvalue weighted by Gasteiger charge is 2.22. The lowest BCUT2D eigenvalue weighted by molar-refractivity contribution is 0.252. The van der Waals surface area contributed by atoms with Gasteiger partial charge in [-0.25, -0.2) is 4.98 Å². The Morgan fingerprint density at radius 2 is 2.06 bits per heavy atom. The van der Waals surface area contributed by atoms with E-state index in [0.717, 1.165) is 30.2 Å². The number of likely N-dealkylation sites (tertiary alicyclic amines) is 1. The predicted molar refractivity (Wildman–Crippen MR) is 72.3 cm³/mol. The molecule has 0 amide bonds. The first-order chi connectivity index (χ1) is 8.09. The van der Waals surface area contributed by atoms with E-state index in [2.05, 4.69) is 28.9 Å². The number of anilines is 2. The third-order valence-electron chi connectivity index (χ3n) is 3.76. The van der Waals surface area contributed by atoms with E-state index in [0.29, 0.717) is 6.04 Å². The molecule has 2 N–H and O–H groups in total. The van der Waals surface area contributed by atoms with Crippen LogP contribution in [-0.2, 0) is 0 Å². The molecular weight excluding hydrogens is 212 g/mol. The molecule has 0 aromatic carbocycles. The zero-order chi connectivity index (χ0) is 12.4. The van der Waals surface area contributed by atoms with Crippen molar-refractivity contribution in [2.75, 3.05) is 37.8 Å². The van der Waals surface area contributed by atoms with E-state index < -0.39 is 0 Å². The number of nitrogens with two attached hydrogens (primary N) is 1. The fraction of sp³-hybridized carbons (Fsp3) is 0.615. The number of nitrogen functional groups attached to an aromatic ring is 1. The van der Waals surface area contributed by atoms with E-state index >= 15 is 0 Å². The molecule has 2 rings (SSSR count). The lowest BCUT2D eigenvalue weighted by Gasteiger charge is -2.36. The highest BCUT2D eigenvalue weighted by Crippen LogP contribution is 2.26. The van der Waals surface area contributed by atoms with Gasteiger partial charge in [-0.1, -0.05) is 0 Å². The Balaban J connectivity index is 2.14. The number of hydrogen-bond donors (Lipinski definition) is 1. The molecule has 2 heterocycles. The van der Waals surface area contributed by atoms with Crippen LogP contribution in [0.25, 0.3) is 0 Å². The van der Waals surface area contributed by atoms with Gasteiger partial charge in [-0.2, -0.15) is 0 Å². The summed E-state index contributed by atoms with van der Waals surface area (Å²) in [5, 5.41) is 0. The SMILES string of the molecule is Cc1ccnc(N(C)C2CCN(C)CC2)c1N. The first-order valence-electron chi connectivity index (χ1n) is 6.22. The molecule has 0 spiro atoms. The van der Waals surface area contributed by atoms with E-state index in [4.69, 9.17) is 5.73 Å². The third-order valence-corrected chi connectivity index (χ3v) is 3.76. The maximum Gasteiger partial charge on any atom is 0.152 e. The number of piperidine rings is 1. The molecule has 94 valence electrons. The number of pyridine rings is 1. The fourth-order valence-electron chi connectivity index (χ4n) is 2.39. The summed E-state index contributed by atoms with van der Waals surface area (Å²) in [6, 6.07) is 2.52. The number of aromatic nitrogens is 1. The summed E-state index contributed by atoms with van der Waals surface area (Å²) in [5.41, 5.74) is 8.02. The van der Waals surface area contributed by atoms with Gasteiger partial charge in [0.15, 0.2) is 5.82 Å². The highest BCUT2D eigenvalue weighted by molar-refractivity contribution is 5.66. The second-order valence-electron chi connectivity index (χ2n) is 5.01. The Hall–Kier alpha value is -1.29. The van der Waals surface area contributed by atoms with E-state index in [1.54, 1.807) is 0 Å². The Kier molecular flexibility index (Phi) is 3.52. The number of nitrogens with zero attached hydrogens (tertiary/aromatic N) is 3. The van der Waals surface area contributed by atoms with E-state index in [9.17, 15) is 0 Å². The molecule has 0 radical (unpaired) electrons. The minimum atomic E-state index is 0.558. The number of hydrogen-bond acceptors (Lipinski definition) is 4. The van der Waals surface area contributed by atoms with Gasteiger partial charge in [0.05, 0.1) is 5.69 Å². The Bertz CT molecular complexity index is 383. The van der Waals surface area contributed by atoms with Crippen LogP contribution in [0, 0.1) is 6.92 Å². The smallest absolute Gasteiger partial charge is 0.152 e. The summed E-state index contributed by atoms with van der Waals surface area (Å²) >= 11 is 0. The zero-order valence-electron chi connectivity index (χ0n) is 11.0. The molecule has 1 aromatic heterocycles. The number of aryl methyl sites for hydroxylation is 1. The van der Waals surface area contributed by atoms with Crippen LogP contribution in [0.5, 0.6) is 0 Å². The summed E-state index contributed by atoms with van der Waals surface area (Å²) in [7, 11) is 4.28. The minimum absolute atomic E-state index is 0.558. The lowest BCUT2D eigenvalue weighted by atomic mass is 10.0. The van der Waals surface area contributed by atoms with Crippen LogP contribution >= 0.6 is 0 Å². The van der Waals surface area contributed by atoms with Gasteiger partial charge in [0.25, 0.3) is 0 Å². The molecule has 4 nitrogen and oxygen atoms in total. The highest BCUT2D eigenvalue weighted by atomic mass is 15.2. The van der Waals surface area contributed by atoms with Crippen molar-refractivity contribution in [2.24, 2.45) is 0 Å². The molecule has 0 saturated carbocycles. The van der Waals surface area contributed by atoms with Crippen molar-refractivity contribution in [1.82, 2.24) is 9.88 Å². The molecule has 0 bridgehead atoms. The number of rotatable bonds is 2. The van der Waals surface area contributed by atoms with Crippen molar-refractivity contribution in [3.63, 3.8) is 0 Å². The summed E-state index contributed by atoms with van der Waals surface area (Å²) in [6.07, 6.45) is 4.20. The Morgan fingerprint density at radius 3 is 2.71 bits per heavy atom. The topological polar surface area (TPSA) is 45.4 Å². The van der Waals surface area contributed by atoms with Crippen LogP contribution in [0.4, 0.5) is 11.5 Å². The van der Waals surface area contributed by atoms with Gasteiger partial charge < -0.3 is 15.5 Å². The molecule has 1 aromatic rings. The zero-order valence-corrected chi connectivity index (χ0v) is 11.0. The molecule has 1 saturated heterocycles. The minimum Gasteiger partial charge on any atom is -0.396 e. The van der Waals surface area contributed by atoms with Crippen LogP contribution in [0.1, 0.15) is 18.4 Å². The van der Waals surface area contributed by atoms with Gasteiger partial charge >= 0.3 is 0 Å². The van der Waals surface area contributed by atoms with Crippen molar-refractivity contribution in [2.45, 2.75) is 25.8 Å². The molecule has 4 heteroatoms. The van der Waals surface area contributed by atoms with Crippen LogP contribution in [0.3, 0.4) is 0 Å². The average Bonchev–Trinajstić information content (AvgIpc) is 2.33. The van der Waals surface area contributed by atoms with Gasteiger partial charge in [0.1, 0.15) is 0 Å². The van der Waals surface area contributed by atoms with Crippen LogP contribution in [-0.4, -0.2) is 43.1 Å². The van der Waals surface area contributed by atoms with Crippen LogP contribution in [0.2, 0.25) is 0 Å². The van der Waals surface area contributed by atoms with Crippen molar-refractivity contribution >= 4 is 11.5 Å². The van der Waals surface area contributed by atoms with Gasteiger partial charge in [-0.15, -0.1) is 0 Å². The first-order valence-corrected chi connectivity index (χ1v) is 6.22. The van der Waals surface area contributed by atoms with Gasteiger partial charge in [-0.05, 0) is 51.5 Å². The Labute approximate surface area is 103 Å². The van der Waals surface area contributed by atoms with Gasteiger partial charge in [0, 0.05) is 19.3 Å². The van der Waals surface area contributed by atoms with Gasteiger partial charge in [0.2, 0.25) is 0 Å². The third kappa shape index (κ3) is 2.52. The van der Waals surface area contributed by atoms with Crippen LogP contribution in [0.15, 0.2) is 12.3 Å². The molecule has 0 atom stereocenters. The van der Waals surface area contributed by atoms with E-state index in [-0.39, 0.29) is 0 Å². The lowest BCUT2D eigenvalue weighted by Crippen LogP contribution is -2.42. The molecule has 1 aliphatic heterocycles. The standard InChI is InChI=1S/C13H22N4/c1-10-4-7-15-13(12(10)14)17(3)11-5-8-16(2)9-6-11/h4,7,11H,5-6,8-9,14H2,1-3H3. The van der Waals surface area contributed by atoms with Gasteiger partial charge in [-0.3, -0.25) is 0 Å². The van der Waals surface area contributed by atoms with Crippen molar-refractivity contribution in [3.05, 3.63) is 17.8 Å². The molecule has 1 aliphatic rings. The maximum absolute atomic E-state index is 6.10. The summed E-state index contributed by atoms with van der Waals surface area (Å²) in [5.74, 6) is 0.930. The van der Waals surface area contributed by atoms with E-state index in [1.165, 1.54) is 12.8 Å². The molecule has 1 fully saturated rings. The molecule has 0 aliphatic carbocycles. The molecular formula is C13H22N4. The average molecular weight is 234 g/mol. The summed E-state index contributed by atoms with van der Waals surface area (Å²) < 4.78 is 0. The second kappa shape index (κ2) is 4.92. The normalized spacial score (nSPS) is 18.3. The van der Waals surface area contributed by atoms with Crippen molar-refractivity contribution in [1.29, 1.82) is 0 Å². The summed E-state index contributed by atoms with van der Waals surface area (Å²) in [4.78, 5) is 9.04. The van der Waals surface area contributed by atoms with Crippen molar-refractivity contribution in [3.8, 4) is 0 Å².